The number of hydrogen-bond acceptors (Lipinski definition) is 4. The van der Waals surface area contributed by atoms with Gasteiger partial charge in [0.25, 0.3) is 0 Å². The van der Waals surface area contributed by atoms with Crippen molar-refractivity contribution >= 4 is 33.2 Å². The molecule has 1 aliphatic heterocycles. The van der Waals surface area contributed by atoms with Gasteiger partial charge in [-0.3, -0.25) is 9.69 Å². The Morgan fingerprint density at radius 3 is 3.24 bits per heavy atom. The Hall–Kier alpha value is -0.390. The van der Waals surface area contributed by atoms with Gasteiger partial charge in [0.1, 0.15) is 4.83 Å². The lowest BCUT2D eigenvalue weighted by molar-refractivity contribution is -0.140. The normalized spacial score (nSPS) is 21.9. The smallest absolute Gasteiger partial charge is 0.320 e. The van der Waals surface area contributed by atoms with E-state index in [9.17, 15) is 4.79 Å². The lowest BCUT2D eigenvalue weighted by Gasteiger charge is -2.34. The molecule has 0 saturated carbocycles. The highest BCUT2D eigenvalue weighted by Crippen LogP contribution is 2.33. The van der Waals surface area contributed by atoms with Gasteiger partial charge in [0.2, 0.25) is 0 Å². The standard InChI is InChI=1S/C12H16BrNO2S/c1-8-9-4-6-17-11(9)3-5-14(8)7-10(13)12(15)16-2/h4,6,8,10H,3,5,7H2,1-2H3. The number of carbonyl (C=O) groups excluding carboxylic acids is 1. The van der Waals surface area contributed by atoms with E-state index in [1.165, 1.54) is 17.6 Å². The Morgan fingerprint density at radius 1 is 1.76 bits per heavy atom. The minimum Gasteiger partial charge on any atom is -0.468 e. The molecule has 17 heavy (non-hydrogen) atoms. The van der Waals surface area contributed by atoms with Crippen LogP contribution < -0.4 is 0 Å². The number of methoxy groups -OCH3 is 1. The Labute approximate surface area is 114 Å². The second kappa shape index (κ2) is 5.50. The van der Waals surface area contributed by atoms with Crippen LogP contribution in [0.15, 0.2) is 11.4 Å². The molecule has 0 bridgehead atoms. The van der Waals surface area contributed by atoms with Gasteiger partial charge in [-0.05, 0) is 30.4 Å². The quantitative estimate of drug-likeness (QED) is 0.634. The largest absolute Gasteiger partial charge is 0.468 e. The number of thiophene rings is 1. The number of halogens is 1. The first-order chi connectivity index (χ1) is 8.13. The molecule has 2 heterocycles. The number of esters is 1. The number of rotatable bonds is 3. The van der Waals surface area contributed by atoms with Crippen LogP contribution in [0, 0.1) is 0 Å². The summed E-state index contributed by atoms with van der Waals surface area (Å²) in [6.07, 6.45) is 1.08. The van der Waals surface area contributed by atoms with E-state index in [1.54, 1.807) is 0 Å². The maximum Gasteiger partial charge on any atom is 0.320 e. The van der Waals surface area contributed by atoms with Crippen LogP contribution in [0.4, 0.5) is 0 Å². The van der Waals surface area contributed by atoms with Crippen LogP contribution in [0.3, 0.4) is 0 Å². The predicted octanol–water partition coefficient (Wildman–Crippen LogP) is 2.60. The van der Waals surface area contributed by atoms with Gasteiger partial charge in [-0.1, -0.05) is 15.9 Å². The van der Waals surface area contributed by atoms with Crippen LogP contribution in [0.1, 0.15) is 23.4 Å². The molecule has 0 amide bonds. The van der Waals surface area contributed by atoms with E-state index < -0.39 is 0 Å². The van der Waals surface area contributed by atoms with E-state index in [4.69, 9.17) is 4.74 Å². The predicted molar refractivity (Wildman–Crippen MR) is 72.7 cm³/mol. The van der Waals surface area contributed by atoms with Gasteiger partial charge in [0.15, 0.2) is 0 Å². The molecule has 0 aliphatic carbocycles. The van der Waals surface area contributed by atoms with Crippen molar-refractivity contribution in [3.05, 3.63) is 21.9 Å². The minimum atomic E-state index is -0.241. The molecule has 2 atom stereocenters. The van der Waals surface area contributed by atoms with E-state index in [0.29, 0.717) is 12.6 Å². The van der Waals surface area contributed by atoms with Crippen LogP contribution >= 0.6 is 27.3 Å². The lowest BCUT2D eigenvalue weighted by Crippen LogP contribution is -2.39. The number of fused-ring (bicyclic) bond motifs is 1. The van der Waals surface area contributed by atoms with Crippen LogP contribution in [-0.2, 0) is 16.0 Å². The molecule has 0 aromatic carbocycles. The van der Waals surface area contributed by atoms with Crippen molar-refractivity contribution in [1.29, 1.82) is 0 Å². The van der Waals surface area contributed by atoms with Crippen molar-refractivity contribution in [2.45, 2.75) is 24.2 Å². The molecule has 0 fully saturated rings. The van der Waals surface area contributed by atoms with Gasteiger partial charge in [-0.15, -0.1) is 11.3 Å². The van der Waals surface area contributed by atoms with Crippen molar-refractivity contribution in [1.82, 2.24) is 4.90 Å². The summed E-state index contributed by atoms with van der Waals surface area (Å²) in [7, 11) is 1.42. The van der Waals surface area contributed by atoms with Crippen LogP contribution in [0.5, 0.6) is 0 Å². The summed E-state index contributed by atoms with van der Waals surface area (Å²) in [5, 5.41) is 2.15. The van der Waals surface area contributed by atoms with Crippen LogP contribution in [-0.4, -0.2) is 35.9 Å². The molecule has 0 radical (unpaired) electrons. The molecule has 0 saturated heterocycles. The maximum atomic E-state index is 11.4. The average molecular weight is 318 g/mol. The minimum absolute atomic E-state index is 0.201. The summed E-state index contributed by atoms with van der Waals surface area (Å²) in [6.45, 7) is 3.90. The third-order valence-corrected chi connectivity index (χ3v) is 4.92. The summed E-state index contributed by atoms with van der Waals surface area (Å²) < 4.78 is 4.73. The molecule has 3 nitrogen and oxygen atoms in total. The lowest BCUT2D eigenvalue weighted by atomic mass is 10.0. The second-order valence-corrected chi connectivity index (χ2v) is 6.32. The summed E-state index contributed by atoms with van der Waals surface area (Å²) in [4.78, 5) is 15.0. The van der Waals surface area contributed by atoms with E-state index in [-0.39, 0.29) is 10.8 Å². The molecule has 1 aromatic rings. The molecule has 1 aliphatic rings. The SMILES string of the molecule is COC(=O)C(Br)CN1CCc2sccc2C1C. The first-order valence-electron chi connectivity index (χ1n) is 5.65. The highest BCUT2D eigenvalue weighted by molar-refractivity contribution is 9.10. The topological polar surface area (TPSA) is 29.5 Å². The van der Waals surface area contributed by atoms with Crippen molar-refractivity contribution in [3.8, 4) is 0 Å². The summed E-state index contributed by atoms with van der Waals surface area (Å²) in [6, 6.07) is 2.58. The number of ether oxygens (including phenoxy) is 1. The van der Waals surface area contributed by atoms with Crippen LogP contribution in [0.25, 0.3) is 0 Å². The van der Waals surface area contributed by atoms with Crippen molar-refractivity contribution in [2.75, 3.05) is 20.2 Å². The third kappa shape index (κ3) is 2.72. The van der Waals surface area contributed by atoms with E-state index >= 15 is 0 Å². The molecular weight excluding hydrogens is 302 g/mol. The van der Waals surface area contributed by atoms with E-state index in [2.05, 4.69) is 39.2 Å². The Kier molecular flexibility index (Phi) is 4.22. The highest BCUT2D eigenvalue weighted by atomic mass is 79.9. The van der Waals surface area contributed by atoms with E-state index in [0.717, 1.165) is 13.0 Å². The Bertz CT molecular complexity index is 407. The van der Waals surface area contributed by atoms with E-state index in [1.807, 2.05) is 11.3 Å². The zero-order valence-electron chi connectivity index (χ0n) is 9.98. The zero-order valence-corrected chi connectivity index (χ0v) is 12.4. The highest BCUT2D eigenvalue weighted by Gasteiger charge is 2.28. The fourth-order valence-corrected chi connectivity index (χ4v) is 3.74. The number of alkyl halides is 1. The fraction of sp³-hybridized carbons (Fsp3) is 0.583. The van der Waals surface area contributed by atoms with Gasteiger partial charge in [-0.25, -0.2) is 0 Å². The summed E-state index contributed by atoms with van der Waals surface area (Å²) in [5.41, 5.74) is 1.41. The van der Waals surface area contributed by atoms with Crippen LogP contribution in [0.2, 0.25) is 0 Å². The molecule has 0 N–H and O–H groups in total. The number of nitrogens with zero attached hydrogens (tertiary/aromatic N) is 1. The van der Waals surface area contributed by atoms with Gasteiger partial charge >= 0.3 is 5.97 Å². The van der Waals surface area contributed by atoms with Gasteiger partial charge < -0.3 is 4.74 Å². The Balaban J connectivity index is 2.03. The van der Waals surface area contributed by atoms with Crippen molar-refractivity contribution in [3.63, 3.8) is 0 Å². The first kappa shape index (κ1) is 13.1. The molecular formula is C12H16BrNO2S. The molecule has 1 aromatic heterocycles. The molecule has 5 heteroatoms. The number of hydrogen-bond donors (Lipinski definition) is 0. The Morgan fingerprint density at radius 2 is 2.53 bits per heavy atom. The van der Waals surface area contributed by atoms with Gasteiger partial charge in [0.05, 0.1) is 7.11 Å². The molecule has 2 unspecified atom stereocenters. The number of carbonyl (C=O) groups is 1. The van der Waals surface area contributed by atoms with Crippen molar-refractivity contribution < 1.29 is 9.53 Å². The maximum absolute atomic E-state index is 11.4. The first-order valence-corrected chi connectivity index (χ1v) is 7.45. The zero-order chi connectivity index (χ0) is 12.4. The molecule has 94 valence electrons. The van der Waals surface area contributed by atoms with Gasteiger partial charge in [-0.2, -0.15) is 0 Å². The fourth-order valence-electron chi connectivity index (χ4n) is 2.22. The van der Waals surface area contributed by atoms with Crippen molar-refractivity contribution in [2.24, 2.45) is 0 Å². The second-order valence-electron chi connectivity index (χ2n) is 4.21. The summed E-state index contributed by atoms with van der Waals surface area (Å²) >= 11 is 5.21. The third-order valence-electron chi connectivity index (χ3n) is 3.26. The summed E-state index contributed by atoms with van der Waals surface area (Å²) in [5.74, 6) is -0.201. The monoisotopic (exact) mass is 317 g/mol. The molecule has 0 spiro atoms. The van der Waals surface area contributed by atoms with Gasteiger partial charge in [0, 0.05) is 24.0 Å². The molecule has 2 rings (SSSR count). The average Bonchev–Trinajstić information content (AvgIpc) is 2.80.